The number of nitrogens with one attached hydrogen (secondary N) is 2. The van der Waals surface area contributed by atoms with Crippen LogP contribution in [0.5, 0.6) is 0 Å². The van der Waals surface area contributed by atoms with E-state index in [0.29, 0.717) is 11.7 Å². The summed E-state index contributed by atoms with van der Waals surface area (Å²) in [5.74, 6) is 1.20. The van der Waals surface area contributed by atoms with Crippen molar-refractivity contribution in [3.8, 4) is 0 Å². The van der Waals surface area contributed by atoms with Crippen LogP contribution in [0, 0.1) is 0 Å². The number of carbonyl (C=O) groups excluding carboxylic acids is 1. The minimum absolute atomic E-state index is 0.196. The average Bonchev–Trinajstić information content (AvgIpc) is 3.15. The number of hydrogen-bond acceptors (Lipinski definition) is 6. The maximum Gasteiger partial charge on any atom is 0.233 e. The Labute approximate surface area is 169 Å². The highest BCUT2D eigenvalue weighted by molar-refractivity contribution is 8.01. The van der Waals surface area contributed by atoms with Crippen LogP contribution in [0.3, 0.4) is 0 Å². The second kappa shape index (κ2) is 9.52. The normalized spacial score (nSPS) is 15.3. The second-order valence-corrected chi connectivity index (χ2v) is 9.32. The van der Waals surface area contributed by atoms with Gasteiger partial charge in [0.25, 0.3) is 0 Å². The van der Waals surface area contributed by atoms with Crippen LogP contribution in [0.2, 0.25) is 0 Å². The number of rotatable bonds is 7. The molecule has 0 saturated carbocycles. The third-order valence-electron chi connectivity index (χ3n) is 4.86. The number of amides is 1. The van der Waals surface area contributed by atoms with E-state index in [1.807, 2.05) is 11.9 Å². The van der Waals surface area contributed by atoms with E-state index < -0.39 is 0 Å². The van der Waals surface area contributed by atoms with E-state index in [0.717, 1.165) is 42.2 Å². The Balaban J connectivity index is 1.41. The molecule has 27 heavy (non-hydrogen) atoms. The van der Waals surface area contributed by atoms with Crippen molar-refractivity contribution in [2.24, 2.45) is 0 Å². The second-order valence-electron chi connectivity index (χ2n) is 7.12. The van der Waals surface area contributed by atoms with Gasteiger partial charge in [0, 0.05) is 12.6 Å². The summed E-state index contributed by atoms with van der Waals surface area (Å²) in [6.45, 7) is 9.15. The molecule has 2 heterocycles. The van der Waals surface area contributed by atoms with Gasteiger partial charge < -0.3 is 15.1 Å². The van der Waals surface area contributed by atoms with Gasteiger partial charge in [0.05, 0.1) is 31.9 Å². The Hall–Kier alpha value is -1.64. The van der Waals surface area contributed by atoms with Crippen LogP contribution < -0.4 is 10.2 Å². The van der Waals surface area contributed by atoms with Gasteiger partial charge in [-0.2, -0.15) is 0 Å². The Morgan fingerprint density at radius 2 is 1.96 bits per heavy atom. The molecule has 2 N–H and O–H groups in total. The van der Waals surface area contributed by atoms with Crippen LogP contribution in [-0.2, 0) is 11.3 Å². The predicted molar refractivity (Wildman–Crippen MR) is 112 cm³/mol. The van der Waals surface area contributed by atoms with E-state index in [-0.39, 0.29) is 5.91 Å². The molecule has 1 amide bonds. The third-order valence-corrected chi connectivity index (χ3v) is 6.92. The zero-order valence-corrected chi connectivity index (χ0v) is 17.8. The Bertz CT molecular complexity index is 739. The number of thioether (sulfide) groups is 1. The van der Waals surface area contributed by atoms with E-state index in [2.05, 4.69) is 53.6 Å². The van der Waals surface area contributed by atoms with Gasteiger partial charge in [-0.1, -0.05) is 61.2 Å². The van der Waals surface area contributed by atoms with Gasteiger partial charge in [-0.3, -0.25) is 4.79 Å². The quantitative estimate of drug-likeness (QED) is 0.686. The van der Waals surface area contributed by atoms with Gasteiger partial charge in [0.15, 0.2) is 4.34 Å². The largest absolute Gasteiger partial charge is 0.363 e. The molecule has 6 nitrogen and oxygen atoms in total. The van der Waals surface area contributed by atoms with E-state index in [9.17, 15) is 4.79 Å². The molecule has 2 aromatic rings. The first-order valence-electron chi connectivity index (χ1n) is 9.39. The molecule has 1 fully saturated rings. The molecule has 1 aliphatic rings. The van der Waals surface area contributed by atoms with Crippen LogP contribution in [0.1, 0.15) is 30.9 Å². The summed E-state index contributed by atoms with van der Waals surface area (Å²) in [6, 6.07) is 8.97. The van der Waals surface area contributed by atoms with E-state index in [1.54, 1.807) is 4.90 Å². The summed E-state index contributed by atoms with van der Waals surface area (Å²) in [4.78, 5) is 16.0. The van der Waals surface area contributed by atoms with Crippen molar-refractivity contribution in [3.05, 3.63) is 35.4 Å². The van der Waals surface area contributed by atoms with Gasteiger partial charge in [-0.25, -0.2) is 0 Å². The van der Waals surface area contributed by atoms with E-state index >= 15 is 0 Å². The lowest BCUT2D eigenvalue weighted by molar-refractivity contribution is -0.917. The zero-order valence-electron chi connectivity index (χ0n) is 16.2. The number of hydrogen-bond donors (Lipinski definition) is 2. The monoisotopic (exact) mass is 406 g/mol. The van der Waals surface area contributed by atoms with Crippen LogP contribution >= 0.6 is 23.1 Å². The van der Waals surface area contributed by atoms with Gasteiger partial charge in [0.1, 0.15) is 6.54 Å². The maximum absolute atomic E-state index is 12.5. The molecule has 0 bridgehead atoms. The van der Waals surface area contributed by atoms with E-state index in [1.165, 1.54) is 34.2 Å². The highest BCUT2D eigenvalue weighted by Gasteiger charge is 2.24. The average molecular weight is 407 g/mol. The van der Waals surface area contributed by atoms with Crippen LogP contribution in [-0.4, -0.2) is 60.0 Å². The summed E-state index contributed by atoms with van der Waals surface area (Å²) in [7, 11) is 1.82. The maximum atomic E-state index is 12.5. The van der Waals surface area contributed by atoms with Crippen molar-refractivity contribution < 1.29 is 9.69 Å². The summed E-state index contributed by atoms with van der Waals surface area (Å²) < 4.78 is 0.835. The fourth-order valence-corrected chi connectivity index (χ4v) is 4.75. The number of carbonyl (C=O) groups is 1. The topological polar surface area (TPSA) is 62.6 Å². The molecular weight excluding hydrogens is 378 g/mol. The van der Waals surface area contributed by atoms with Crippen molar-refractivity contribution >= 4 is 34.1 Å². The number of nitrogens with zero attached hydrogens (tertiary/aromatic N) is 3. The van der Waals surface area contributed by atoms with Gasteiger partial charge >= 0.3 is 0 Å². The smallest absolute Gasteiger partial charge is 0.233 e. The van der Waals surface area contributed by atoms with Crippen molar-refractivity contribution in [2.45, 2.75) is 30.6 Å². The third kappa shape index (κ3) is 5.67. The molecule has 0 radical (unpaired) electrons. The SMILES string of the molecule is CNc1nnc(SCC(=O)N2CC[NH+](Cc3ccc(C(C)C)cc3)CC2)s1. The molecule has 1 aliphatic heterocycles. The highest BCUT2D eigenvalue weighted by atomic mass is 32.2. The minimum atomic E-state index is 0.196. The minimum Gasteiger partial charge on any atom is -0.363 e. The van der Waals surface area contributed by atoms with Crippen molar-refractivity contribution in [1.82, 2.24) is 15.1 Å². The molecule has 0 unspecified atom stereocenters. The van der Waals surface area contributed by atoms with Crippen LogP contribution in [0.15, 0.2) is 28.6 Å². The predicted octanol–water partition coefficient (Wildman–Crippen LogP) is 1.72. The molecule has 8 heteroatoms. The number of quaternary nitrogens is 1. The fraction of sp³-hybridized carbons (Fsp3) is 0.526. The first kappa shape index (κ1) is 20.1. The van der Waals surface area contributed by atoms with E-state index in [4.69, 9.17) is 0 Å². The van der Waals surface area contributed by atoms with Gasteiger partial charge in [-0.05, 0) is 11.5 Å². The van der Waals surface area contributed by atoms with Crippen molar-refractivity contribution in [2.75, 3.05) is 44.3 Å². The van der Waals surface area contributed by atoms with Crippen molar-refractivity contribution in [3.63, 3.8) is 0 Å². The molecule has 0 atom stereocenters. The number of piperazine rings is 1. The Kier molecular flexibility index (Phi) is 7.09. The Morgan fingerprint density at radius 1 is 1.26 bits per heavy atom. The number of aromatic nitrogens is 2. The standard InChI is InChI=1S/C19H27N5OS2/c1-14(2)16-6-4-15(5-7-16)12-23-8-10-24(11-9-23)17(25)13-26-19-22-21-18(20-3)27-19/h4-7,14H,8-13H2,1-3H3,(H,20,21)/p+1. The zero-order chi connectivity index (χ0) is 19.2. The molecule has 0 spiro atoms. The molecule has 1 saturated heterocycles. The molecule has 1 aromatic carbocycles. The summed E-state index contributed by atoms with van der Waals surface area (Å²) in [6.07, 6.45) is 0. The summed E-state index contributed by atoms with van der Waals surface area (Å²) in [5.41, 5.74) is 2.76. The first-order valence-corrected chi connectivity index (χ1v) is 11.2. The van der Waals surface area contributed by atoms with Gasteiger partial charge in [0.2, 0.25) is 11.0 Å². The lowest BCUT2D eigenvalue weighted by atomic mass is 10.0. The summed E-state index contributed by atoms with van der Waals surface area (Å²) in [5, 5.41) is 11.8. The van der Waals surface area contributed by atoms with Gasteiger partial charge in [-0.15, -0.1) is 10.2 Å². The lowest BCUT2D eigenvalue weighted by Crippen LogP contribution is -3.13. The van der Waals surface area contributed by atoms with Crippen LogP contribution in [0.25, 0.3) is 0 Å². The Morgan fingerprint density at radius 3 is 2.56 bits per heavy atom. The van der Waals surface area contributed by atoms with Crippen molar-refractivity contribution in [1.29, 1.82) is 0 Å². The first-order chi connectivity index (χ1) is 13.0. The number of anilines is 1. The molecular formula is C19H28N5OS2+. The summed E-state index contributed by atoms with van der Waals surface area (Å²) >= 11 is 2.95. The molecule has 146 valence electrons. The molecule has 3 rings (SSSR count). The molecule has 0 aliphatic carbocycles. The lowest BCUT2D eigenvalue weighted by Gasteiger charge is -2.32. The fourth-order valence-electron chi connectivity index (χ4n) is 3.14. The highest BCUT2D eigenvalue weighted by Crippen LogP contribution is 2.25. The molecule has 1 aromatic heterocycles. The van der Waals surface area contributed by atoms with Crippen LogP contribution in [0.4, 0.5) is 5.13 Å². The number of benzene rings is 1.